The number of esters is 1. The summed E-state index contributed by atoms with van der Waals surface area (Å²) in [4.78, 5) is 23.0. The third-order valence-corrected chi connectivity index (χ3v) is 4.48. The van der Waals surface area contributed by atoms with Gasteiger partial charge in [0.05, 0.1) is 7.11 Å². The van der Waals surface area contributed by atoms with Crippen LogP contribution in [0.3, 0.4) is 0 Å². The molecule has 0 saturated carbocycles. The van der Waals surface area contributed by atoms with Gasteiger partial charge >= 0.3 is 5.97 Å². The van der Waals surface area contributed by atoms with Gasteiger partial charge in [-0.3, -0.25) is 9.59 Å². The van der Waals surface area contributed by atoms with Crippen molar-refractivity contribution >= 4 is 11.8 Å². The quantitative estimate of drug-likeness (QED) is 0.281. The molecule has 0 spiro atoms. The fraction of sp³-hybridized carbons (Fsp3) is 0.619. The molecule has 0 N–H and O–H groups in total. The third kappa shape index (κ3) is 8.28. The summed E-state index contributed by atoms with van der Waals surface area (Å²) >= 11 is 0. The molecule has 1 aliphatic rings. The molecule has 1 aliphatic carbocycles. The minimum Gasteiger partial charge on any atom is -0.469 e. The van der Waals surface area contributed by atoms with Crippen molar-refractivity contribution in [2.45, 2.75) is 64.7 Å². The number of hydrogen-bond donors (Lipinski definition) is 0. The maximum absolute atomic E-state index is 12.0. The standard InChI is InChI=1S/C21H32O3/c1-3-4-5-6-7-10-13-18-16-17-20(22)19(18)14-11-8-9-12-15-21(23)24-2/h7-8,10-11,16-19H,3-6,9,12-15H2,1-2H3/b10-7-,11-8-/t18-,19-/m0/s1. The number of ketones is 1. The molecule has 0 unspecified atom stereocenters. The van der Waals surface area contributed by atoms with E-state index in [2.05, 4.69) is 42.0 Å². The zero-order valence-electron chi connectivity index (χ0n) is 15.2. The lowest BCUT2D eigenvalue weighted by atomic mass is 9.88. The van der Waals surface area contributed by atoms with Crippen LogP contribution in [0.25, 0.3) is 0 Å². The van der Waals surface area contributed by atoms with Gasteiger partial charge in [-0.25, -0.2) is 0 Å². The Kier molecular flexibility index (Phi) is 10.8. The van der Waals surface area contributed by atoms with E-state index in [1.165, 1.54) is 26.4 Å². The van der Waals surface area contributed by atoms with E-state index in [9.17, 15) is 9.59 Å². The molecule has 1 rings (SSSR count). The Morgan fingerprint density at radius 3 is 2.50 bits per heavy atom. The lowest BCUT2D eigenvalue weighted by molar-refractivity contribution is -0.140. The van der Waals surface area contributed by atoms with E-state index in [1.54, 1.807) is 6.08 Å². The highest BCUT2D eigenvalue weighted by atomic mass is 16.5. The first-order valence-electron chi connectivity index (χ1n) is 9.27. The Labute approximate surface area is 146 Å². The van der Waals surface area contributed by atoms with E-state index in [0.29, 0.717) is 12.3 Å². The summed E-state index contributed by atoms with van der Waals surface area (Å²) in [5.74, 6) is 0.504. The highest BCUT2D eigenvalue weighted by Crippen LogP contribution is 2.29. The first-order chi connectivity index (χ1) is 11.7. The summed E-state index contributed by atoms with van der Waals surface area (Å²) in [5.41, 5.74) is 0. The van der Waals surface area contributed by atoms with Crippen molar-refractivity contribution in [2.24, 2.45) is 11.8 Å². The molecule has 0 bridgehead atoms. The van der Waals surface area contributed by atoms with Gasteiger partial charge in [-0.1, -0.05) is 50.1 Å². The van der Waals surface area contributed by atoms with E-state index >= 15 is 0 Å². The van der Waals surface area contributed by atoms with Crippen LogP contribution >= 0.6 is 0 Å². The zero-order valence-corrected chi connectivity index (χ0v) is 15.2. The molecule has 0 radical (unpaired) electrons. The molecule has 134 valence electrons. The Morgan fingerprint density at radius 1 is 1.08 bits per heavy atom. The molecule has 0 amide bonds. The summed E-state index contributed by atoms with van der Waals surface area (Å²) < 4.78 is 4.61. The summed E-state index contributed by atoms with van der Waals surface area (Å²) in [6.45, 7) is 2.21. The fourth-order valence-electron chi connectivity index (χ4n) is 2.93. The molecule has 2 atom stereocenters. The average Bonchev–Trinajstić information content (AvgIpc) is 2.94. The number of methoxy groups -OCH3 is 1. The highest BCUT2D eigenvalue weighted by Gasteiger charge is 2.27. The van der Waals surface area contributed by atoms with Gasteiger partial charge in [0, 0.05) is 12.3 Å². The maximum Gasteiger partial charge on any atom is 0.305 e. The van der Waals surface area contributed by atoms with E-state index in [1.807, 2.05) is 0 Å². The van der Waals surface area contributed by atoms with Gasteiger partial charge in [0.15, 0.2) is 5.78 Å². The monoisotopic (exact) mass is 332 g/mol. The number of ether oxygens (including phenoxy) is 1. The van der Waals surface area contributed by atoms with E-state index in [0.717, 1.165) is 32.1 Å². The largest absolute Gasteiger partial charge is 0.469 e. The number of carbonyl (C=O) groups excluding carboxylic acids is 2. The minimum absolute atomic E-state index is 0.0853. The van der Waals surface area contributed by atoms with Crippen molar-refractivity contribution in [3.05, 3.63) is 36.5 Å². The SMILES string of the molecule is CCCCC/C=C\C[C@H]1C=CC(=O)[C@H]1C/C=C\CCCC(=O)OC. The molecule has 3 heteroatoms. The van der Waals surface area contributed by atoms with Crippen LogP contribution in [0.2, 0.25) is 0 Å². The maximum atomic E-state index is 12.0. The Hall–Kier alpha value is -1.64. The first-order valence-corrected chi connectivity index (χ1v) is 9.27. The van der Waals surface area contributed by atoms with Crippen molar-refractivity contribution in [2.75, 3.05) is 7.11 Å². The molecule has 0 fully saturated rings. The van der Waals surface area contributed by atoms with Gasteiger partial charge in [-0.15, -0.1) is 0 Å². The van der Waals surface area contributed by atoms with Crippen molar-refractivity contribution in [3.63, 3.8) is 0 Å². The van der Waals surface area contributed by atoms with E-state index < -0.39 is 0 Å². The molecular formula is C21H32O3. The summed E-state index contributed by atoms with van der Waals surface area (Å²) in [6, 6.07) is 0. The number of allylic oxidation sites excluding steroid dienone is 6. The van der Waals surface area contributed by atoms with Crippen LogP contribution in [-0.2, 0) is 14.3 Å². The van der Waals surface area contributed by atoms with E-state index in [-0.39, 0.29) is 17.7 Å². The van der Waals surface area contributed by atoms with Crippen molar-refractivity contribution in [1.29, 1.82) is 0 Å². The van der Waals surface area contributed by atoms with Crippen LogP contribution in [-0.4, -0.2) is 18.9 Å². The molecule has 0 aromatic rings. The lowest BCUT2D eigenvalue weighted by Crippen LogP contribution is -2.14. The normalized spacial score (nSPS) is 20.5. The third-order valence-electron chi connectivity index (χ3n) is 4.48. The van der Waals surface area contributed by atoms with Crippen LogP contribution in [0.15, 0.2) is 36.5 Å². The first kappa shape index (κ1) is 20.4. The molecule has 24 heavy (non-hydrogen) atoms. The predicted molar refractivity (Wildman–Crippen MR) is 98.7 cm³/mol. The van der Waals surface area contributed by atoms with Crippen LogP contribution in [0.5, 0.6) is 0 Å². The Morgan fingerprint density at radius 2 is 1.79 bits per heavy atom. The Bertz CT molecular complexity index is 460. The lowest BCUT2D eigenvalue weighted by Gasteiger charge is -2.14. The van der Waals surface area contributed by atoms with Crippen molar-refractivity contribution in [1.82, 2.24) is 0 Å². The second kappa shape index (κ2) is 12.7. The van der Waals surface area contributed by atoms with Crippen LogP contribution in [0, 0.1) is 11.8 Å². The number of unbranched alkanes of at least 4 members (excludes halogenated alkanes) is 4. The van der Waals surface area contributed by atoms with Gasteiger partial charge in [0.25, 0.3) is 0 Å². The van der Waals surface area contributed by atoms with Crippen LogP contribution < -0.4 is 0 Å². The molecular weight excluding hydrogens is 300 g/mol. The average molecular weight is 332 g/mol. The topological polar surface area (TPSA) is 43.4 Å². The molecule has 0 aromatic heterocycles. The fourth-order valence-corrected chi connectivity index (χ4v) is 2.93. The zero-order chi connectivity index (χ0) is 17.6. The van der Waals surface area contributed by atoms with Gasteiger partial charge in [-0.2, -0.15) is 0 Å². The summed E-state index contributed by atoms with van der Waals surface area (Å²) in [7, 11) is 1.41. The van der Waals surface area contributed by atoms with Gasteiger partial charge in [0.1, 0.15) is 0 Å². The van der Waals surface area contributed by atoms with Crippen LogP contribution in [0.1, 0.15) is 64.7 Å². The second-order valence-corrected chi connectivity index (χ2v) is 6.41. The smallest absolute Gasteiger partial charge is 0.305 e. The number of hydrogen-bond acceptors (Lipinski definition) is 3. The Balaban J connectivity index is 2.26. The summed E-state index contributed by atoms with van der Waals surface area (Å²) in [5, 5.41) is 0. The van der Waals surface area contributed by atoms with E-state index in [4.69, 9.17) is 0 Å². The highest BCUT2D eigenvalue weighted by molar-refractivity contribution is 5.94. The minimum atomic E-state index is -0.163. The molecule has 0 saturated heterocycles. The molecule has 0 heterocycles. The van der Waals surface area contributed by atoms with Crippen LogP contribution in [0.4, 0.5) is 0 Å². The van der Waals surface area contributed by atoms with Crippen molar-refractivity contribution < 1.29 is 14.3 Å². The van der Waals surface area contributed by atoms with Gasteiger partial charge in [-0.05, 0) is 50.5 Å². The predicted octanol–water partition coefficient (Wildman–Crippen LogP) is 5.17. The number of rotatable bonds is 12. The van der Waals surface area contributed by atoms with Crippen molar-refractivity contribution in [3.8, 4) is 0 Å². The second-order valence-electron chi connectivity index (χ2n) is 6.41. The molecule has 0 aliphatic heterocycles. The van der Waals surface area contributed by atoms with Gasteiger partial charge in [0.2, 0.25) is 0 Å². The molecule has 0 aromatic carbocycles. The number of carbonyl (C=O) groups is 2. The molecule has 3 nitrogen and oxygen atoms in total. The summed E-state index contributed by atoms with van der Waals surface area (Å²) in [6.07, 6.45) is 21.2. The van der Waals surface area contributed by atoms with Gasteiger partial charge < -0.3 is 4.74 Å².